The third-order valence-corrected chi connectivity index (χ3v) is 11.6. The highest BCUT2D eigenvalue weighted by atomic mass is 35.5. The van der Waals surface area contributed by atoms with Gasteiger partial charge in [-0.3, -0.25) is 14.8 Å². The fraction of sp³-hybridized carbons (Fsp3) is 0.516. The molecule has 0 unspecified atom stereocenters. The number of alkyl halides is 2. The number of aryl methyl sites for hydroxylation is 1. The minimum absolute atomic E-state index is 0.0461. The molecule has 0 aromatic carbocycles. The first kappa shape index (κ1) is 37.1. The number of thiophene rings is 1. The van der Waals surface area contributed by atoms with Crippen molar-refractivity contribution in [1.29, 1.82) is 10.5 Å². The van der Waals surface area contributed by atoms with Crippen LogP contribution in [0.1, 0.15) is 64.9 Å². The zero-order chi connectivity index (χ0) is 38.1. The zero-order valence-corrected chi connectivity index (χ0v) is 31.4. The van der Waals surface area contributed by atoms with Crippen molar-refractivity contribution in [3.63, 3.8) is 0 Å². The second-order valence-corrected chi connectivity index (χ2v) is 17.3. The summed E-state index contributed by atoms with van der Waals surface area (Å²) in [5.41, 5.74) is -0.774. The van der Waals surface area contributed by atoms with Crippen molar-refractivity contribution in [3.8, 4) is 12.1 Å². The van der Waals surface area contributed by atoms with E-state index in [1.165, 1.54) is 30.3 Å². The third kappa shape index (κ3) is 6.48. The first-order chi connectivity index (χ1) is 24.2. The van der Waals surface area contributed by atoms with Crippen LogP contribution < -0.4 is 19.8 Å². The van der Waals surface area contributed by atoms with E-state index in [2.05, 4.69) is 31.2 Å². The molecule has 0 saturated carbocycles. The van der Waals surface area contributed by atoms with Gasteiger partial charge >= 0.3 is 6.09 Å². The Kier molecular flexibility index (Phi) is 9.14. The second-order valence-electron chi connectivity index (χ2n) is 14.0. The van der Waals surface area contributed by atoms with Crippen LogP contribution in [0.2, 0.25) is 5.02 Å². The molecule has 0 atom stereocenters. The summed E-state index contributed by atoms with van der Waals surface area (Å²) in [7, 11) is -0.308. The second kappa shape index (κ2) is 12.8. The van der Waals surface area contributed by atoms with Crippen molar-refractivity contribution in [2.24, 2.45) is 0 Å². The number of nitriles is 2. The number of carbonyl (C=O) groups excluding carboxylic acids is 2. The molecule has 1 aliphatic carbocycles. The summed E-state index contributed by atoms with van der Waals surface area (Å²) in [6, 6.07) is 4.21. The van der Waals surface area contributed by atoms with Gasteiger partial charge in [-0.25, -0.2) is 26.7 Å². The molecule has 1 fully saturated rings. The van der Waals surface area contributed by atoms with Crippen molar-refractivity contribution in [3.05, 3.63) is 38.0 Å². The van der Waals surface area contributed by atoms with Gasteiger partial charge in [0, 0.05) is 37.5 Å². The maximum atomic E-state index is 15.6. The molecule has 2 aliphatic heterocycles. The van der Waals surface area contributed by atoms with Crippen molar-refractivity contribution in [1.82, 2.24) is 29.4 Å². The molecule has 16 nitrogen and oxygen atoms in total. The number of anilines is 3. The Balaban J connectivity index is 1.40. The molecule has 2 N–H and O–H groups in total. The first-order valence-corrected chi connectivity index (χ1v) is 18.6. The summed E-state index contributed by atoms with van der Waals surface area (Å²) in [6.45, 7) is 3.24. The monoisotopic (exact) mass is 777 g/mol. The summed E-state index contributed by atoms with van der Waals surface area (Å²) >= 11 is 7.82. The molecule has 2 amide bonds. The average molecular weight is 778 g/mol. The number of ether oxygens (including phenoxy) is 1. The van der Waals surface area contributed by atoms with E-state index in [0.717, 1.165) is 27.1 Å². The number of fused-ring (bicyclic) bond motifs is 3. The van der Waals surface area contributed by atoms with Gasteiger partial charge in [-0.15, -0.1) is 11.3 Å². The van der Waals surface area contributed by atoms with Gasteiger partial charge in [-0.05, 0) is 46.2 Å². The number of nitrogens with one attached hydrogen (secondary N) is 2. The number of rotatable bonds is 6. The first-order valence-electron chi connectivity index (χ1n) is 15.9. The standard InChI is InChI=1S/C31H34ClF2N11O5S2/c1-29(2,3)50-28(47)40-25-16(9-35)20-19(51-25)7-8-30(20)12-44(13-30)24-17(10-36)23(38-27(39-24)52(48,49)37-4)43-11-18-21(32)22(26(46)42(5)6)41-45(18)15-31(33,34)14-43/h37H,7-8,11-15H2,1-6H3,(H,40,47). The molecule has 3 aromatic heterocycles. The average Bonchev–Trinajstić information content (AvgIpc) is 3.64. The predicted molar refractivity (Wildman–Crippen MR) is 185 cm³/mol. The number of sulfonamides is 1. The van der Waals surface area contributed by atoms with Crippen LogP contribution in [0.3, 0.4) is 0 Å². The smallest absolute Gasteiger partial charge is 0.412 e. The van der Waals surface area contributed by atoms with Crippen LogP contribution >= 0.6 is 22.9 Å². The predicted octanol–water partition coefficient (Wildman–Crippen LogP) is 3.45. The van der Waals surface area contributed by atoms with Gasteiger partial charge in [-0.2, -0.15) is 25.6 Å². The Hall–Kier alpha value is -4.63. The van der Waals surface area contributed by atoms with Gasteiger partial charge in [-0.1, -0.05) is 11.6 Å². The van der Waals surface area contributed by atoms with Crippen LogP contribution in [0.15, 0.2) is 5.16 Å². The molecule has 276 valence electrons. The summed E-state index contributed by atoms with van der Waals surface area (Å²) in [4.78, 5) is 38.5. The number of aromatic nitrogens is 4. The highest BCUT2D eigenvalue weighted by Crippen LogP contribution is 2.53. The van der Waals surface area contributed by atoms with E-state index in [0.29, 0.717) is 17.8 Å². The molecule has 3 aliphatic rings. The van der Waals surface area contributed by atoms with Crippen LogP contribution in [0.25, 0.3) is 0 Å². The number of amides is 2. The van der Waals surface area contributed by atoms with E-state index >= 15 is 8.78 Å². The molecule has 0 radical (unpaired) electrons. The number of hydrogen-bond acceptors (Lipinski definition) is 13. The van der Waals surface area contributed by atoms with E-state index in [4.69, 9.17) is 16.3 Å². The molecule has 5 heterocycles. The molecule has 21 heteroatoms. The molecule has 1 saturated heterocycles. The Morgan fingerprint density at radius 2 is 1.69 bits per heavy atom. The Bertz CT molecular complexity index is 2200. The topological polar surface area (TPSA) is 202 Å². The van der Waals surface area contributed by atoms with E-state index in [1.807, 2.05) is 6.07 Å². The summed E-state index contributed by atoms with van der Waals surface area (Å²) in [5, 5.41) is 26.9. The molecule has 3 aromatic rings. The lowest BCUT2D eigenvalue weighted by Crippen LogP contribution is -2.59. The summed E-state index contributed by atoms with van der Waals surface area (Å²) < 4.78 is 65.8. The summed E-state index contributed by atoms with van der Waals surface area (Å²) in [6.07, 6.45) is 0.526. The highest BCUT2D eigenvalue weighted by Gasteiger charge is 2.53. The molecule has 0 bridgehead atoms. The lowest BCUT2D eigenvalue weighted by Gasteiger charge is -2.49. The Morgan fingerprint density at radius 3 is 2.27 bits per heavy atom. The minimum atomic E-state index is -4.37. The lowest BCUT2D eigenvalue weighted by molar-refractivity contribution is -0.00845. The van der Waals surface area contributed by atoms with Gasteiger partial charge in [0.05, 0.1) is 29.4 Å². The SMILES string of the molecule is CNS(=O)(=O)c1nc(N2Cc3c(Cl)c(C(=O)N(C)C)nn3CC(F)(F)C2)c(C#N)c(N2CC3(CCc4sc(NC(=O)OC(C)(C)C)c(C#N)c43)C2)n1. The Morgan fingerprint density at radius 1 is 1.06 bits per heavy atom. The zero-order valence-electron chi connectivity index (χ0n) is 29.0. The molecule has 52 heavy (non-hydrogen) atoms. The van der Waals surface area contributed by atoms with Gasteiger partial charge in [0.25, 0.3) is 27.0 Å². The Labute approximate surface area is 307 Å². The van der Waals surface area contributed by atoms with Crippen LogP contribution in [0.4, 0.5) is 30.2 Å². The number of carbonyl (C=O) groups is 2. The normalized spacial score (nSPS) is 17.4. The van der Waals surface area contributed by atoms with Gasteiger partial charge in [0.1, 0.15) is 34.8 Å². The number of nitrogens with zero attached hydrogens (tertiary/aromatic N) is 9. The maximum Gasteiger partial charge on any atom is 0.412 e. The molecule has 1 spiro atoms. The minimum Gasteiger partial charge on any atom is -0.444 e. The summed E-state index contributed by atoms with van der Waals surface area (Å²) in [5.74, 6) is -4.57. The van der Waals surface area contributed by atoms with Gasteiger partial charge < -0.3 is 19.4 Å². The number of hydrogen-bond donors (Lipinski definition) is 2. The van der Waals surface area contributed by atoms with Crippen molar-refractivity contribution < 1.29 is 31.5 Å². The van der Waals surface area contributed by atoms with Crippen LogP contribution in [0.5, 0.6) is 0 Å². The van der Waals surface area contributed by atoms with Gasteiger partial charge in [0.15, 0.2) is 17.3 Å². The van der Waals surface area contributed by atoms with Gasteiger partial charge in [0.2, 0.25) is 0 Å². The largest absolute Gasteiger partial charge is 0.444 e. The maximum absolute atomic E-state index is 15.6. The lowest BCUT2D eigenvalue weighted by atomic mass is 9.74. The van der Waals surface area contributed by atoms with E-state index < -0.39 is 63.8 Å². The van der Waals surface area contributed by atoms with Crippen LogP contribution in [-0.2, 0) is 39.7 Å². The van der Waals surface area contributed by atoms with E-state index in [9.17, 15) is 28.5 Å². The fourth-order valence-electron chi connectivity index (χ4n) is 6.66. The van der Waals surface area contributed by atoms with Crippen molar-refractivity contribution in [2.45, 2.75) is 68.8 Å². The highest BCUT2D eigenvalue weighted by molar-refractivity contribution is 7.89. The van der Waals surface area contributed by atoms with E-state index in [1.54, 1.807) is 25.7 Å². The number of halogens is 3. The fourth-order valence-corrected chi connectivity index (χ4v) is 8.79. The van der Waals surface area contributed by atoms with Crippen LogP contribution in [-0.4, -0.2) is 97.4 Å². The quantitative estimate of drug-likeness (QED) is 0.346. The van der Waals surface area contributed by atoms with Crippen molar-refractivity contribution in [2.75, 3.05) is 55.9 Å². The molecular weight excluding hydrogens is 744 g/mol. The van der Waals surface area contributed by atoms with E-state index in [-0.39, 0.29) is 52.3 Å². The third-order valence-electron chi connectivity index (χ3n) is 8.87. The molecular formula is C31H34ClF2N11O5S2. The van der Waals surface area contributed by atoms with Crippen molar-refractivity contribution >= 4 is 61.6 Å². The van der Waals surface area contributed by atoms with Crippen LogP contribution in [0, 0.1) is 22.7 Å². The molecule has 6 rings (SSSR count).